The molecule has 5 aliphatic heterocycles. The van der Waals surface area contributed by atoms with Crippen LogP contribution < -0.4 is 26.6 Å². The van der Waals surface area contributed by atoms with E-state index < -0.39 is 35.5 Å². The van der Waals surface area contributed by atoms with E-state index in [-0.39, 0.29) is 54.4 Å². The lowest BCUT2D eigenvalue weighted by Crippen LogP contribution is -2.55. The SMILES string of the molecule is CC1NC(NC2(C)N=Cc3cc(C(=O)N(C)C)n(C4CCCC4)c3N2)=CC=C1N1CCN(C(=O)CNc2cccc3c2C(=O)N(C2CCC(=O)NC2=O)C3=O)CC1. The predicted molar refractivity (Wildman–Crippen MR) is 211 cm³/mol. The highest BCUT2D eigenvalue weighted by molar-refractivity contribution is 6.25. The molecule has 17 heteroatoms. The Morgan fingerprint density at radius 1 is 1.00 bits per heavy atom. The van der Waals surface area contributed by atoms with E-state index >= 15 is 0 Å². The number of hydrogen-bond donors (Lipinski definition) is 5. The van der Waals surface area contributed by atoms with Crippen LogP contribution in [0.4, 0.5) is 11.5 Å². The number of allylic oxidation sites excluding steroid dienone is 2. The van der Waals surface area contributed by atoms with Gasteiger partial charge < -0.3 is 40.5 Å². The predicted octanol–water partition coefficient (Wildman–Crippen LogP) is 1.79. The summed E-state index contributed by atoms with van der Waals surface area (Å²) >= 11 is 0. The lowest BCUT2D eigenvalue weighted by molar-refractivity contribution is -0.136. The maximum absolute atomic E-state index is 13.5. The highest BCUT2D eigenvalue weighted by Crippen LogP contribution is 2.38. The zero-order chi connectivity index (χ0) is 40.2. The molecule has 8 rings (SSSR count). The highest BCUT2D eigenvalue weighted by Gasteiger charge is 2.46. The zero-order valence-electron chi connectivity index (χ0n) is 32.7. The lowest BCUT2D eigenvalue weighted by atomic mass is 10.0. The van der Waals surface area contributed by atoms with Gasteiger partial charge in [0.25, 0.3) is 17.7 Å². The Balaban J connectivity index is 0.872. The number of nitrogens with zero attached hydrogens (tertiary/aromatic N) is 6. The average molecular weight is 780 g/mol. The van der Waals surface area contributed by atoms with Gasteiger partial charge in [0.1, 0.15) is 23.4 Å². The van der Waals surface area contributed by atoms with Gasteiger partial charge in [-0.15, -0.1) is 0 Å². The van der Waals surface area contributed by atoms with Gasteiger partial charge in [0.2, 0.25) is 23.5 Å². The van der Waals surface area contributed by atoms with E-state index in [0.29, 0.717) is 37.6 Å². The molecule has 0 spiro atoms. The normalized spacial score (nSPS) is 24.6. The molecular weight excluding hydrogens is 731 g/mol. The third-order valence-corrected chi connectivity index (χ3v) is 11.7. The van der Waals surface area contributed by atoms with Gasteiger partial charge in [0, 0.05) is 75.9 Å². The summed E-state index contributed by atoms with van der Waals surface area (Å²) < 4.78 is 2.18. The Labute approximate surface area is 330 Å². The van der Waals surface area contributed by atoms with Gasteiger partial charge in [-0.05, 0) is 63.5 Å². The summed E-state index contributed by atoms with van der Waals surface area (Å²) in [4.78, 5) is 88.8. The van der Waals surface area contributed by atoms with Crippen molar-refractivity contribution < 1.29 is 28.8 Å². The average Bonchev–Trinajstić information content (AvgIpc) is 3.91. The molecule has 1 aromatic heterocycles. The Hall–Kier alpha value is -6.13. The standard InChI is InChI=1S/C40H49N11O6/c1-23-28(12-14-31(43-23)45-40(2)42-21-24-20-30(38(56)47(3)4)50(35(24)46-40)25-8-5-6-9-25)48-16-18-49(19-17-48)33(53)22-41-27-11-7-10-26-34(27)39(57)51(37(26)55)29-13-15-32(52)44-36(29)54/h7,10-12,14,20-21,23,25,29,41,43,45-46H,5-6,8-9,13,15-19,22H2,1-4H3,(H,44,52,54). The number of aromatic nitrogens is 1. The molecule has 3 unspecified atom stereocenters. The van der Waals surface area contributed by atoms with Gasteiger partial charge in [0.05, 0.1) is 23.7 Å². The van der Waals surface area contributed by atoms with E-state index in [1.54, 1.807) is 36.0 Å². The van der Waals surface area contributed by atoms with Crippen molar-refractivity contribution in [2.24, 2.45) is 4.99 Å². The number of carbonyl (C=O) groups excluding carboxylic acids is 6. The van der Waals surface area contributed by atoms with Crippen molar-refractivity contribution in [2.45, 2.75) is 76.3 Å². The number of hydrogen-bond acceptors (Lipinski definition) is 12. The third-order valence-electron chi connectivity index (χ3n) is 11.7. The Bertz CT molecular complexity index is 2140. The lowest BCUT2D eigenvalue weighted by Gasteiger charge is -2.41. The number of piperidine rings is 1. The van der Waals surface area contributed by atoms with Crippen molar-refractivity contribution >= 4 is 53.2 Å². The summed E-state index contributed by atoms with van der Waals surface area (Å²) in [5.74, 6) is -1.67. The summed E-state index contributed by atoms with van der Waals surface area (Å²) in [6.45, 7) is 6.26. The monoisotopic (exact) mass is 779 g/mol. The minimum Gasteiger partial charge on any atom is -0.375 e. The minimum atomic E-state index is -1.07. The van der Waals surface area contributed by atoms with Crippen LogP contribution in [0, 0.1) is 0 Å². The minimum absolute atomic E-state index is 0.0278. The zero-order valence-corrected chi connectivity index (χ0v) is 32.7. The third kappa shape index (κ3) is 6.99. The molecule has 300 valence electrons. The van der Waals surface area contributed by atoms with Crippen molar-refractivity contribution in [3.63, 3.8) is 0 Å². The Kier molecular flexibility index (Phi) is 9.77. The first-order valence-electron chi connectivity index (χ1n) is 19.7. The van der Waals surface area contributed by atoms with Crippen LogP contribution in [0.5, 0.6) is 0 Å². The van der Waals surface area contributed by atoms with Crippen LogP contribution >= 0.6 is 0 Å². The number of nitrogens with one attached hydrogen (secondary N) is 5. The van der Waals surface area contributed by atoms with Gasteiger partial charge in [-0.2, -0.15) is 0 Å². The molecule has 17 nitrogen and oxygen atoms in total. The van der Waals surface area contributed by atoms with Crippen molar-refractivity contribution in [3.05, 3.63) is 70.3 Å². The number of dihydropyridines is 1. The molecule has 6 amide bonds. The molecule has 3 atom stereocenters. The summed E-state index contributed by atoms with van der Waals surface area (Å²) in [5, 5.41) is 16.0. The Morgan fingerprint density at radius 2 is 1.75 bits per heavy atom. The topological polar surface area (TPSA) is 193 Å². The maximum Gasteiger partial charge on any atom is 0.270 e. The molecule has 0 radical (unpaired) electrons. The van der Waals surface area contributed by atoms with Crippen LogP contribution in [-0.4, -0.2) is 131 Å². The number of aliphatic imine (C=N–C) groups is 1. The molecular formula is C40H49N11O6. The Morgan fingerprint density at radius 3 is 2.46 bits per heavy atom. The van der Waals surface area contributed by atoms with Crippen molar-refractivity contribution in [3.8, 4) is 0 Å². The van der Waals surface area contributed by atoms with Crippen molar-refractivity contribution in [1.82, 2.24) is 40.1 Å². The molecule has 6 aliphatic rings. The highest BCUT2D eigenvalue weighted by atomic mass is 16.2. The van der Waals surface area contributed by atoms with Crippen molar-refractivity contribution in [2.75, 3.05) is 57.5 Å². The van der Waals surface area contributed by atoms with Crippen LogP contribution in [0.3, 0.4) is 0 Å². The largest absolute Gasteiger partial charge is 0.375 e. The van der Waals surface area contributed by atoms with Crippen molar-refractivity contribution in [1.29, 1.82) is 0 Å². The number of benzene rings is 1. The summed E-state index contributed by atoms with van der Waals surface area (Å²) in [5.41, 5.74) is 3.28. The number of piperazine rings is 1. The molecule has 57 heavy (non-hydrogen) atoms. The summed E-state index contributed by atoms with van der Waals surface area (Å²) in [6.07, 6.45) is 10.4. The van der Waals surface area contributed by atoms with Crippen LogP contribution in [-0.2, 0) is 14.4 Å². The summed E-state index contributed by atoms with van der Waals surface area (Å²) in [6, 6.07) is 5.88. The van der Waals surface area contributed by atoms with Crippen LogP contribution in [0.15, 0.2) is 52.9 Å². The molecule has 0 bridgehead atoms. The van der Waals surface area contributed by atoms with Gasteiger partial charge in [-0.3, -0.25) is 39.0 Å². The molecule has 6 heterocycles. The number of imide groups is 2. The second-order valence-electron chi connectivity index (χ2n) is 15.9. The van der Waals surface area contributed by atoms with E-state index in [9.17, 15) is 28.8 Å². The molecule has 2 saturated heterocycles. The van der Waals surface area contributed by atoms with E-state index in [4.69, 9.17) is 4.99 Å². The van der Waals surface area contributed by atoms with Gasteiger partial charge in [0.15, 0.2) is 0 Å². The van der Waals surface area contributed by atoms with E-state index in [2.05, 4.69) is 49.1 Å². The number of rotatable bonds is 9. The number of fused-ring (bicyclic) bond motifs is 2. The van der Waals surface area contributed by atoms with E-state index in [1.165, 1.54) is 6.07 Å². The summed E-state index contributed by atoms with van der Waals surface area (Å²) in [7, 11) is 3.55. The number of anilines is 2. The van der Waals surface area contributed by atoms with Crippen LogP contribution in [0.2, 0.25) is 0 Å². The molecule has 5 N–H and O–H groups in total. The number of amides is 6. The van der Waals surface area contributed by atoms with E-state index in [1.807, 2.05) is 25.3 Å². The maximum atomic E-state index is 13.5. The van der Waals surface area contributed by atoms with Crippen LogP contribution in [0.25, 0.3) is 0 Å². The van der Waals surface area contributed by atoms with Gasteiger partial charge >= 0.3 is 0 Å². The van der Waals surface area contributed by atoms with Gasteiger partial charge in [-0.25, -0.2) is 4.99 Å². The molecule has 1 aliphatic carbocycles. The number of carbonyl (C=O) groups is 6. The van der Waals surface area contributed by atoms with Crippen LogP contribution in [0.1, 0.15) is 95.2 Å². The fourth-order valence-electron chi connectivity index (χ4n) is 8.78. The molecule has 1 aromatic carbocycles. The fourth-order valence-corrected chi connectivity index (χ4v) is 8.78. The molecule has 3 fully saturated rings. The first kappa shape index (κ1) is 37.8. The quantitative estimate of drug-likeness (QED) is 0.233. The smallest absolute Gasteiger partial charge is 0.270 e. The van der Waals surface area contributed by atoms with Gasteiger partial charge in [-0.1, -0.05) is 18.9 Å². The second kappa shape index (κ2) is 14.7. The molecule has 1 saturated carbocycles. The first-order valence-corrected chi connectivity index (χ1v) is 19.7. The second-order valence-corrected chi connectivity index (χ2v) is 15.9. The molecule has 2 aromatic rings. The van der Waals surface area contributed by atoms with E-state index in [0.717, 1.165) is 53.5 Å². The first-order chi connectivity index (χ1) is 27.3. The fraction of sp³-hybridized carbons (Fsp3) is 0.475.